The molecule has 0 bridgehead atoms. The Balaban J connectivity index is 3.11. The van der Waals surface area contributed by atoms with Gasteiger partial charge in [0.05, 0.1) is 8.95 Å². The van der Waals surface area contributed by atoms with Crippen molar-refractivity contribution in [2.45, 2.75) is 0 Å². The number of hydrogen-bond acceptors (Lipinski definition) is 1. The predicted molar refractivity (Wildman–Crippen MR) is 30.5 cm³/mol. The Bertz CT molecular complexity index is 155. The van der Waals surface area contributed by atoms with E-state index in [4.69, 9.17) is 0 Å². The molecule has 0 aromatic heterocycles. The summed E-state index contributed by atoms with van der Waals surface area (Å²) in [6, 6.07) is 0. The molecule has 0 N–H and O–H groups in total. The minimum atomic E-state index is 0.0926. The predicted octanol–water partition coefficient (Wildman–Crippen LogP) is 1.45. The first-order valence-corrected chi connectivity index (χ1v) is 2.92. The molecule has 0 heterocycles. The van der Waals surface area contributed by atoms with Gasteiger partial charge in [0.2, 0.25) is 5.43 Å². The van der Waals surface area contributed by atoms with Crippen LogP contribution in [0.2, 0.25) is 0 Å². The van der Waals surface area contributed by atoms with E-state index in [0.717, 1.165) is 0 Å². The highest BCUT2D eigenvalue weighted by Gasteiger charge is 2.14. The average molecular weight is 212 g/mol. The van der Waals surface area contributed by atoms with Crippen LogP contribution in [0.25, 0.3) is 0 Å². The molecule has 0 spiro atoms. The van der Waals surface area contributed by atoms with E-state index < -0.39 is 0 Å². The van der Waals surface area contributed by atoms with Gasteiger partial charge in [0.15, 0.2) is 0 Å². The summed E-state index contributed by atoms with van der Waals surface area (Å²) in [5.74, 6) is 0. The maximum absolute atomic E-state index is 10.0. The fraction of sp³-hybridized carbons (Fsp3) is 0. The maximum atomic E-state index is 10.0. The van der Waals surface area contributed by atoms with Crippen LogP contribution in [-0.2, 0) is 0 Å². The van der Waals surface area contributed by atoms with Gasteiger partial charge in [0.1, 0.15) is 0 Å². The quantitative estimate of drug-likeness (QED) is 0.635. The van der Waals surface area contributed by atoms with E-state index in [1.165, 1.54) is 0 Å². The molecule has 3 heteroatoms. The maximum Gasteiger partial charge on any atom is 0.209 e. The molecule has 0 aliphatic rings. The first-order valence-electron chi connectivity index (χ1n) is 1.33. The average Bonchev–Trinajstić information content (AvgIpc) is 1.94. The van der Waals surface area contributed by atoms with Crippen LogP contribution < -0.4 is 5.43 Å². The zero-order chi connectivity index (χ0) is 4.73. The largest absolute Gasteiger partial charge is 0.287 e. The molecule has 0 fully saturated rings. The number of halogens is 2. The van der Waals surface area contributed by atoms with Crippen LogP contribution in [0.4, 0.5) is 0 Å². The van der Waals surface area contributed by atoms with Gasteiger partial charge in [-0.25, -0.2) is 0 Å². The van der Waals surface area contributed by atoms with Gasteiger partial charge in [0, 0.05) is 0 Å². The lowest BCUT2D eigenvalue weighted by Gasteiger charge is -1.45. The fourth-order valence-corrected chi connectivity index (χ4v) is 0.954. The van der Waals surface area contributed by atoms with Gasteiger partial charge in [0.25, 0.3) is 0 Å². The first-order chi connectivity index (χ1) is 2.73. The molecular formula is C3Br2O. The highest BCUT2D eigenvalue weighted by Crippen LogP contribution is 2.22. The normalized spacial score (nSPS) is 10.3. The molecule has 0 aliphatic carbocycles. The molecule has 0 saturated heterocycles. The molecular weight excluding hydrogens is 212 g/mol. The van der Waals surface area contributed by atoms with Crippen molar-refractivity contribution in [3.05, 3.63) is 19.2 Å². The molecule has 32 valence electrons. The smallest absolute Gasteiger partial charge is 0.209 e. The molecule has 0 unspecified atom stereocenters. The van der Waals surface area contributed by atoms with Gasteiger partial charge in [-0.1, -0.05) is 0 Å². The van der Waals surface area contributed by atoms with E-state index >= 15 is 0 Å². The van der Waals surface area contributed by atoms with Crippen LogP contribution in [0.15, 0.2) is 13.7 Å². The molecule has 1 nitrogen and oxygen atoms in total. The highest BCUT2D eigenvalue weighted by atomic mass is 79.9. The van der Waals surface area contributed by atoms with Crippen molar-refractivity contribution < 1.29 is 0 Å². The van der Waals surface area contributed by atoms with E-state index in [9.17, 15) is 4.79 Å². The molecule has 1 aromatic carbocycles. The van der Waals surface area contributed by atoms with E-state index in [2.05, 4.69) is 31.9 Å². The summed E-state index contributed by atoms with van der Waals surface area (Å²) in [7, 11) is 0. The van der Waals surface area contributed by atoms with Gasteiger partial charge >= 0.3 is 0 Å². The summed E-state index contributed by atoms with van der Waals surface area (Å²) >= 11 is 5.99. The Kier molecular flexibility index (Phi) is 0.881. The molecule has 1 rings (SSSR count). The third-order valence-corrected chi connectivity index (χ3v) is 2.57. The van der Waals surface area contributed by atoms with E-state index in [0.29, 0.717) is 8.95 Å². The van der Waals surface area contributed by atoms with Crippen molar-refractivity contribution in [3.63, 3.8) is 0 Å². The van der Waals surface area contributed by atoms with Gasteiger partial charge in [-0.15, -0.1) is 0 Å². The lowest BCUT2D eigenvalue weighted by molar-refractivity contribution is 1.99. The van der Waals surface area contributed by atoms with Crippen LogP contribution in [0.5, 0.6) is 0 Å². The van der Waals surface area contributed by atoms with Crippen LogP contribution in [0.1, 0.15) is 0 Å². The van der Waals surface area contributed by atoms with E-state index in [1.54, 1.807) is 0 Å². The Labute approximate surface area is 51.3 Å². The van der Waals surface area contributed by atoms with Gasteiger partial charge in [-0.05, 0) is 31.9 Å². The first kappa shape index (κ1) is 4.53. The summed E-state index contributed by atoms with van der Waals surface area (Å²) in [4.78, 5) is 10.0. The van der Waals surface area contributed by atoms with Gasteiger partial charge < -0.3 is 0 Å². The SMILES string of the molecule is O=c1c(Br)c1Br. The van der Waals surface area contributed by atoms with Crippen LogP contribution in [0, 0.1) is 0 Å². The van der Waals surface area contributed by atoms with Crippen molar-refractivity contribution in [2.24, 2.45) is 0 Å². The van der Waals surface area contributed by atoms with Crippen molar-refractivity contribution in [1.29, 1.82) is 0 Å². The second-order valence-corrected chi connectivity index (χ2v) is 2.54. The molecule has 0 saturated carbocycles. The molecule has 6 heavy (non-hydrogen) atoms. The van der Waals surface area contributed by atoms with Crippen molar-refractivity contribution in [2.75, 3.05) is 0 Å². The van der Waals surface area contributed by atoms with Gasteiger partial charge in [-0.3, -0.25) is 4.79 Å². The minimum Gasteiger partial charge on any atom is -0.287 e. The molecule has 0 amide bonds. The van der Waals surface area contributed by atoms with E-state index in [1.807, 2.05) is 0 Å². The monoisotopic (exact) mass is 210 g/mol. The minimum absolute atomic E-state index is 0.0926. The Hall–Kier alpha value is 0.370. The summed E-state index contributed by atoms with van der Waals surface area (Å²) in [5, 5.41) is 0. The topological polar surface area (TPSA) is 17.1 Å². The van der Waals surface area contributed by atoms with Crippen molar-refractivity contribution in [3.8, 4) is 0 Å². The van der Waals surface area contributed by atoms with Crippen molar-refractivity contribution in [1.82, 2.24) is 0 Å². The fourth-order valence-electron chi connectivity index (χ4n) is 0.129. The summed E-state index contributed by atoms with van der Waals surface area (Å²) in [6.07, 6.45) is 0. The standard InChI is InChI=1S/C3Br2O/c4-1-2(5)3(1)6. The third kappa shape index (κ3) is 0.462. The summed E-state index contributed by atoms with van der Waals surface area (Å²) < 4.78 is 1.37. The summed E-state index contributed by atoms with van der Waals surface area (Å²) in [5.41, 5.74) is 0.0926. The van der Waals surface area contributed by atoms with Crippen LogP contribution in [0.3, 0.4) is 0 Å². The third-order valence-electron chi connectivity index (χ3n) is 0.529. The zero-order valence-corrected chi connectivity index (χ0v) is 5.84. The molecule has 0 aliphatic heterocycles. The molecule has 0 atom stereocenters. The lowest BCUT2D eigenvalue weighted by atomic mass is 11.1. The Morgan fingerprint density at radius 2 is 1.33 bits per heavy atom. The lowest BCUT2D eigenvalue weighted by Crippen LogP contribution is -1.67. The Morgan fingerprint density at radius 3 is 1.33 bits per heavy atom. The van der Waals surface area contributed by atoms with E-state index in [-0.39, 0.29) is 5.43 Å². The highest BCUT2D eigenvalue weighted by molar-refractivity contribution is 9.13. The van der Waals surface area contributed by atoms with Crippen LogP contribution >= 0.6 is 31.9 Å². The second kappa shape index (κ2) is 1.17. The van der Waals surface area contributed by atoms with Crippen molar-refractivity contribution >= 4 is 31.9 Å². The van der Waals surface area contributed by atoms with Gasteiger partial charge in [-0.2, -0.15) is 0 Å². The molecule has 1 aromatic rings. The molecule has 0 radical (unpaired) electrons. The zero-order valence-electron chi connectivity index (χ0n) is 2.66. The second-order valence-electron chi connectivity index (χ2n) is 0.957. The van der Waals surface area contributed by atoms with Crippen LogP contribution in [-0.4, -0.2) is 0 Å². The number of hydrogen-bond donors (Lipinski definition) is 0. The summed E-state index contributed by atoms with van der Waals surface area (Å²) in [6.45, 7) is 0. The number of rotatable bonds is 0. The Morgan fingerprint density at radius 1 is 1.17 bits per heavy atom.